The van der Waals surface area contributed by atoms with Crippen molar-refractivity contribution in [2.24, 2.45) is 0 Å². The smallest absolute Gasteiger partial charge is 0.254 e. The quantitative estimate of drug-likeness (QED) is 0.864. The van der Waals surface area contributed by atoms with Crippen LogP contribution in [-0.4, -0.2) is 35.1 Å². The molecular formula is C14H19NO2. The number of hydrogen-bond donors (Lipinski definition) is 1. The van der Waals surface area contributed by atoms with Crippen LogP contribution in [0.4, 0.5) is 0 Å². The third-order valence-electron chi connectivity index (χ3n) is 3.42. The third-order valence-corrected chi connectivity index (χ3v) is 3.42. The molecule has 1 N–H and O–H groups in total. The molecule has 0 spiro atoms. The van der Waals surface area contributed by atoms with Crippen LogP contribution in [0, 0.1) is 6.92 Å². The lowest BCUT2D eigenvalue weighted by Gasteiger charge is -2.37. The van der Waals surface area contributed by atoms with Gasteiger partial charge >= 0.3 is 0 Å². The number of benzene rings is 1. The van der Waals surface area contributed by atoms with E-state index in [1.165, 1.54) is 6.42 Å². The minimum atomic E-state index is 0.0358. The Morgan fingerprint density at radius 1 is 1.35 bits per heavy atom. The van der Waals surface area contributed by atoms with Gasteiger partial charge in [-0.3, -0.25) is 4.79 Å². The zero-order valence-electron chi connectivity index (χ0n) is 10.2. The van der Waals surface area contributed by atoms with Crippen LogP contribution < -0.4 is 0 Å². The standard InChI is InChI=1S/C14H19NO2/c1-11-5-7-12(8-6-11)14(17)15(9-10-16)13-3-2-4-13/h5-8,13,16H,2-4,9-10H2,1H3. The first-order valence-corrected chi connectivity index (χ1v) is 6.21. The molecule has 1 aromatic rings. The second-order valence-electron chi connectivity index (χ2n) is 4.67. The molecule has 0 bridgehead atoms. The molecular weight excluding hydrogens is 214 g/mol. The molecule has 1 saturated carbocycles. The number of aliphatic hydroxyl groups is 1. The lowest BCUT2D eigenvalue weighted by molar-refractivity contribution is 0.0526. The summed E-state index contributed by atoms with van der Waals surface area (Å²) < 4.78 is 0. The molecule has 0 aliphatic heterocycles. The molecule has 17 heavy (non-hydrogen) atoms. The maximum absolute atomic E-state index is 12.3. The maximum atomic E-state index is 12.3. The highest BCUT2D eigenvalue weighted by atomic mass is 16.3. The van der Waals surface area contributed by atoms with Crippen LogP contribution in [0.5, 0.6) is 0 Å². The predicted molar refractivity (Wildman–Crippen MR) is 66.9 cm³/mol. The highest BCUT2D eigenvalue weighted by Crippen LogP contribution is 2.26. The number of nitrogens with zero attached hydrogens (tertiary/aromatic N) is 1. The van der Waals surface area contributed by atoms with E-state index < -0.39 is 0 Å². The van der Waals surface area contributed by atoms with Crippen LogP contribution in [-0.2, 0) is 0 Å². The van der Waals surface area contributed by atoms with Crippen LogP contribution in [0.15, 0.2) is 24.3 Å². The molecule has 92 valence electrons. The van der Waals surface area contributed by atoms with E-state index in [0.29, 0.717) is 12.6 Å². The number of carbonyl (C=O) groups excluding carboxylic acids is 1. The summed E-state index contributed by atoms with van der Waals surface area (Å²) in [6.07, 6.45) is 3.32. The minimum absolute atomic E-state index is 0.0358. The van der Waals surface area contributed by atoms with Crippen LogP contribution in [0.2, 0.25) is 0 Å². The number of rotatable bonds is 4. The van der Waals surface area contributed by atoms with Gasteiger partial charge in [0.1, 0.15) is 0 Å². The van der Waals surface area contributed by atoms with E-state index in [9.17, 15) is 4.79 Å². The SMILES string of the molecule is Cc1ccc(C(=O)N(CCO)C2CCC2)cc1. The molecule has 1 aliphatic carbocycles. The number of amides is 1. The van der Waals surface area contributed by atoms with Crippen LogP contribution >= 0.6 is 0 Å². The molecule has 0 aromatic heterocycles. The molecule has 2 rings (SSSR count). The van der Waals surface area contributed by atoms with Gasteiger partial charge in [0.25, 0.3) is 5.91 Å². The number of carbonyl (C=O) groups is 1. The molecule has 0 unspecified atom stereocenters. The van der Waals surface area contributed by atoms with Crippen molar-refractivity contribution < 1.29 is 9.90 Å². The van der Waals surface area contributed by atoms with E-state index >= 15 is 0 Å². The second-order valence-corrected chi connectivity index (χ2v) is 4.67. The van der Waals surface area contributed by atoms with Gasteiger partial charge in [-0.25, -0.2) is 0 Å². The Hall–Kier alpha value is -1.35. The van der Waals surface area contributed by atoms with Gasteiger partial charge in [-0.1, -0.05) is 17.7 Å². The van der Waals surface area contributed by atoms with Crippen molar-refractivity contribution in [2.45, 2.75) is 32.2 Å². The third kappa shape index (κ3) is 2.67. The highest BCUT2D eigenvalue weighted by molar-refractivity contribution is 5.94. The molecule has 0 atom stereocenters. The van der Waals surface area contributed by atoms with Gasteiger partial charge < -0.3 is 10.0 Å². The van der Waals surface area contributed by atoms with E-state index in [-0.39, 0.29) is 12.5 Å². The van der Waals surface area contributed by atoms with Gasteiger partial charge in [-0.2, -0.15) is 0 Å². The van der Waals surface area contributed by atoms with Crippen LogP contribution in [0.1, 0.15) is 35.2 Å². The first kappa shape index (κ1) is 12.1. The average molecular weight is 233 g/mol. The Kier molecular flexibility index (Phi) is 3.79. The summed E-state index contributed by atoms with van der Waals surface area (Å²) in [4.78, 5) is 14.1. The van der Waals surface area contributed by atoms with Crippen molar-refractivity contribution in [1.29, 1.82) is 0 Å². The fraction of sp³-hybridized carbons (Fsp3) is 0.500. The number of aryl methyl sites for hydroxylation is 1. The van der Waals surface area contributed by atoms with E-state index in [1.807, 2.05) is 36.1 Å². The fourth-order valence-electron chi connectivity index (χ4n) is 2.12. The maximum Gasteiger partial charge on any atom is 0.254 e. The zero-order valence-corrected chi connectivity index (χ0v) is 10.2. The van der Waals surface area contributed by atoms with Crippen LogP contribution in [0.3, 0.4) is 0 Å². The largest absolute Gasteiger partial charge is 0.395 e. The topological polar surface area (TPSA) is 40.5 Å². The van der Waals surface area contributed by atoms with Crippen molar-refractivity contribution in [2.75, 3.05) is 13.2 Å². The van der Waals surface area contributed by atoms with Crippen LogP contribution in [0.25, 0.3) is 0 Å². The number of hydrogen-bond acceptors (Lipinski definition) is 2. The summed E-state index contributed by atoms with van der Waals surface area (Å²) in [5.74, 6) is 0.0451. The van der Waals surface area contributed by atoms with Crippen molar-refractivity contribution in [3.63, 3.8) is 0 Å². The second kappa shape index (κ2) is 5.32. The fourth-order valence-corrected chi connectivity index (χ4v) is 2.12. The molecule has 0 radical (unpaired) electrons. The van der Waals surface area contributed by atoms with Gasteiger partial charge in [0.15, 0.2) is 0 Å². The summed E-state index contributed by atoms with van der Waals surface area (Å²) in [7, 11) is 0. The van der Waals surface area contributed by atoms with E-state index in [0.717, 1.165) is 24.0 Å². The van der Waals surface area contributed by atoms with Gasteiger partial charge in [0.2, 0.25) is 0 Å². The monoisotopic (exact) mass is 233 g/mol. The highest BCUT2D eigenvalue weighted by Gasteiger charge is 2.28. The summed E-state index contributed by atoms with van der Waals surface area (Å²) in [6.45, 7) is 2.48. The first-order chi connectivity index (χ1) is 8.22. The molecule has 1 aliphatic rings. The molecule has 1 aromatic carbocycles. The van der Waals surface area contributed by atoms with Gasteiger partial charge in [-0.05, 0) is 38.3 Å². The molecule has 0 saturated heterocycles. The molecule has 1 fully saturated rings. The Balaban J connectivity index is 2.12. The Labute approximate surface area is 102 Å². The van der Waals surface area contributed by atoms with E-state index in [2.05, 4.69) is 0 Å². The predicted octanol–water partition coefficient (Wildman–Crippen LogP) is 1.98. The van der Waals surface area contributed by atoms with Gasteiger partial charge in [0, 0.05) is 18.2 Å². The molecule has 1 amide bonds. The summed E-state index contributed by atoms with van der Waals surface area (Å²) in [5.41, 5.74) is 1.87. The first-order valence-electron chi connectivity index (χ1n) is 6.21. The van der Waals surface area contributed by atoms with E-state index in [1.54, 1.807) is 0 Å². The van der Waals surface area contributed by atoms with Crippen molar-refractivity contribution in [3.8, 4) is 0 Å². The van der Waals surface area contributed by atoms with Gasteiger partial charge in [0.05, 0.1) is 6.61 Å². The normalized spacial score (nSPS) is 15.4. The Morgan fingerprint density at radius 2 is 2.00 bits per heavy atom. The summed E-state index contributed by atoms with van der Waals surface area (Å²) in [5, 5.41) is 9.05. The minimum Gasteiger partial charge on any atom is -0.395 e. The lowest BCUT2D eigenvalue weighted by Crippen LogP contribution is -2.45. The summed E-state index contributed by atoms with van der Waals surface area (Å²) in [6, 6.07) is 7.95. The van der Waals surface area contributed by atoms with Gasteiger partial charge in [-0.15, -0.1) is 0 Å². The van der Waals surface area contributed by atoms with Crippen molar-refractivity contribution >= 4 is 5.91 Å². The van der Waals surface area contributed by atoms with Crippen molar-refractivity contribution in [1.82, 2.24) is 4.90 Å². The average Bonchev–Trinajstić information content (AvgIpc) is 2.26. The Bertz CT molecular complexity index is 382. The lowest BCUT2D eigenvalue weighted by atomic mass is 9.91. The Morgan fingerprint density at radius 3 is 2.47 bits per heavy atom. The molecule has 3 nitrogen and oxygen atoms in total. The molecule has 3 heteroatoms. The zero-order chi connectivity index (χ0) is 12.3. The van der Waals surface area contributed by atoms with E-state index in [4.69, 9.17) is 5.11 Å². The van der Waals surface area contributed by atoms with Crippen molar-refractivity contribution in [3.05, 3.63) is 35.4 Å². The summed E-state index contributed by atoms with van der Waals surface area (Å²) >= 11 is 0. The molecule has 0 heterocycles. The number of aliphatic hydroxyl groups excluding tert-OH is 1.